The number of rotatable bonds is 7. The molecule has 106 valence electrons. The van der Waals surface area contributed by atoms with Crippen molar-refractivity contribution in [2.24, 2.45) is 0 Å². The highest BCUT2D eigenvalue weighted by molar-refractivity contribution is 5.66. The van der Waals surface area contributed by atoms with E-state index in [0.29, 0.717) is 25.1 Å². The molecule has 0 radical (unpaired) electrons. The third-order valence-electron chi connectivity index (χ3n) is 2.86. The average molecular weight is 269 g/mol. The second kappa shape index (κ2) is 7.01. The average Bonchev–Trinajstić information content (AvgIpc) is 2.35. The van der Waals surface area contributed by atoms with Crippen molar-refractivity contribution in [3.05, 3.63) is 17.8 Å². The number of carboxylic acid groups (broad SMARTS) is 1. The van der Waals surface area contributed by atoms with Gasteiger partial charge < -0.3 is 10.0 Å². The van der Waals surface area contributed by atoms with Gasteiger partial charge in [0.2, 0.25) is 0 Å². The smallest absolute Gasteiger partial charge is 0.303 e. The Labute approximate surface area is 112 Å². The molecule has 0 fully saturated rings. The highest BCUT2D eigenvalue weighted by atomic mass is 19.1. The molecule has 0 saturated carbocycles. The first-order valence-corrected chi connectivity index (χ1v) is 6.45. The van der Waals surface area contributed by atoms with E-state index >= 15 is 0 Å². The number of carbonyl (C=O) groups is 1. The van der Waals surface area contributed by atoms with Gasteiger partial charge in [-0.2, -0.15) is 0 Å². The van der Waals surface area contributed by atoms with Crippen molar-refractivity contribution in [3.63, 3.8) is 0 Å². The fourth-order valence-electron chi connectivity index (χ4n) is 1.85. The van der Waals surface area contributed by atoms with Crippen molar-refractivity contribution in [1.29, 1.82) is 0 Å². The van der Waals surface area contributed by atoms with E-state index in [1.807, 2.05) is 20.8 Å². The second-order valence-electron chi connectivity index (χ2n) is 4.60. The molecule has 0 aliphatic heterocycles. The zero-order valence-electron chi connectivity index (χ0n) is 11.6. The van der Waals surface area contributed by atoms with Crippen LogP contribution >= 0.6 is 0 Å². The van der Waals surface area contributed by atoms with Crippen molar-refractivity contribution < 1.29 is 14.3 Å². The van der Waals surface area contributed by atoms with Gasteiger partial charge in [-0.3, -0.25) is 4.79 Å². The van der Waals surface area contributed by atoms with Gasteiger partial charge in [0.15, 0.2) is 11.6 Å². The van der Waals surface area contributed by atoms with Crippen LogP contribution in [0.1, 0.15) is 39.3 Å². The van der Waals surface area contributed by atoms with Gasteiger partial charge in [-0.05, 0) is 26.7 Å². The first-order valence-electron chi connectivity index (χ1n) is 6.45. The molecule has 0 amide bonds. The minimum absolute atomic E-state index is 0.0444. The number of hydrogen-bond donors (Lipinski definition) is 1. The standard InChI is InChI=1S/C13H20FN3O2/c1-4-10-12(14)13(16-8-15-10)17(9(2)3)7-5-6-11(18)19/h8-9H,4-7H2,1-3H3,(H,18,19). The quantitative estimate of drug-likeness (QED) is 0.822. The Balaban J connectivity index is 2.90. The number of aryl methyl sites for hydroxylation is 1. The van der Waals surface area contributed by atoms with Crippen LogP contribution in [0.4, 0.5) is 10.2 Å². The topological polar surface area (TPSA) is 66.3 Å². The van der Waals surface area contributed by atoms with Crippen LogP contribution in [0.5, 0.6) is 0 Å². The molecule has 1 heterocycles. The van der Waals surface area contributed by atoms with E-state index in [-0.39, 0.29) is 18.3 Å². The van der Waals surface area contributed by atoms with Crippen LogP contribution in [0.15, 0.2) is 6.33 Å². The normalized spacial score (nSPS) is 10.8. The van der Waals surface area contributed by atoms with Crippen LogP contribution < -0.4 is 4.90 Å². The molecule has 1 aromatic heterocycles. The summed E-state index contributed by atoms with van der Waals surface area (Å²) in [5.41, 5.74) is 0.383. The minimum atomic E-state index is -0.846. The molecule has 6 heteroatoms. The molecule has 0 aliphatic carbocycles. The van der Waals surface area contributed by atoms with Crippen molar-refractivity contribution in [1.82, 2.24) is 9.97 Å². The second-order valence-corrected chi connectivity index (χ2v) is 4.60. The molecule has 0 unspecified atom stereocenters. The number of hydrogen-bond acceptors (Lipinski definition) is 4. The van der Waals surface area contributed by atoms with E-state index in [0.717, 1.165) is 0 Å². The summed E-state index contributed by atoms with van der Waals surface area (Å²) in [6.45, 7) is 6.14. The molecule has 0 spiro atoms. The van der Waals surface area contributed by atoms with E-state index in [9.17, 15) is 9.18 Å². The molecule has 0 aromatic carbocycles. The zero-order valence-corrected chi connectivity index (χ0v) is 11.6. The minimum Gasteiger partial charge on any atom is -0.481 e. The molecule has 1 rings (SSSR count). The third kappa shape index (κ3) is 4.15. The largest absolute Gasteiger partial charge is 0.481 e. The van der Waals surface area contributed by atoms with Gasteiger partial charge in [-0.25, -0.2) is 14.4 Å². The third-order valence-corrected chi connectivity index (χ3v) is 2.86. The van der Waals surface area contributed by atoms with E-state index in [1.54, 1.807) is 4.90 Å². The van der Waals surface area contributed by atoms with Crippen molar-refractivity contribution >= 4 is 11.8 Å². The molecule has 0 aliphatic rings. The van der Waals surface area contributed by atoms with Gasteiger partial charge in [-0.1, -0.05) is 6.92 Å². The molecule has 0 atom stereocenters. The van der Waals surface area contributed by atoms with Crippen LogP contribution in [-0.2, 0) is 11.2 Å². The Hall–Kier alpha value is -1.72. The van der Waals surface area contributed by atoms with Gasteiger partial charge in [-0.15, -0.1) is 0 Å². The van der Waals surface area contributed by atoms with Gasteiger partial charge >= 0.3 is 5.97 Å². The maximum Gasteiger partial charge on any atom is 0.303 e. The molecular formula is C13H20FN3O2. The number of nitrogens with zero attached hydrogens (tertiary/aromatic N) is 3. The summed E-state index contributed by atoms with van der Waals surface area (Å²) < 4.78 is 14.2. The van der Waals surface area contributed by atoms with E-state index in [1.165, 1.54) is 6.33 Å². The monoisotopic (exact) mass is 269 g/mol. The van der Waals surface area contributed by atoms with Crippen LogP contribution in [0, 0.1) is 5.82 Å². The predicted octanol–water partition coefficient (Wildman–Crippen LogP) is 2.26. The lowest BCUT2D eigenvalue weighted by Gasteiger charge is -2.28. The van der Waals surface area contributed by atoms with Crippen LogP contribution in [0.3, 0.4) is 0 Å². The van der Waals surface area contributed by atoms with E-state index in [4.69, 9.17) is 5.11 Å². The van der Waals surface area contributed by atoms with Crippen molar-refractivity contribution in [2.45, 2.75) is 46.1 Å². The summed E-state index contributed by atoms with van der Waals surface area (Å²) in [5.74, 6) is -0.998. The Morgan fingerprint density at radius 1 is 1.47 bits per heavy atom. The van der Waals surface area contributed by atoms with Crippen LogP contribution in [0.25, 0.3) is 0 Å². The Bertz CT molecular complexity index is 438. The van der Waals surface area contributed by atoms with Crippen LogP contribution in [0.2, 0.25) is 0 Å². The number of anilines is 1. The number of aliphatic carboxylic acids is 1. The van der Waals surface area contributed by atoms with Gasteiger partial charge in [0.1, 0.15) is 6.33 Å². The molecule has 1 aromatic rings. The Morgan fingerprint density at radius 3 is 2.68 bits per heavy atom. The first-order chi connectivity index (χ1) is 8.97. The molecule has 0 saturated heterocycles. The highest BCUT2D eigenvalue weighted by Gasteiger charge is 2.19. The van der Waals surface area contributed by atoms with E-state index in [2.05, 4.69) is 9.97 Å². The highest BCUT2D eigenvalue weighted by Crippen LogP contribution is 2.20. The fraction of sp³-hybridized carbons (Fsp3) is 0.615. The summed E-state index contributed by atoms with van der Waals surface area (Å²) in [6, 6.07) is 0.0444. The lowest BCUT2D eigenvalue weighted by molar-refractivity contribution is -0.137. The van der Waals surface area contributed by atoms with Gasteiger partial charge in [0.25, 0.3) is 0 Å². The lowest BCUT2D eigenvalue weighted by atomic mass is 10.2. The summed E-state index contributed by atoms with van der Waals surface area (Å²) in [6.07, 6.45) is 2.38. The number of aromatic nitrogens is 2. The summed E-state index contributed by atoms with van der Waals surface area (Å²) in [4.78, 5) is 20.2. The summed E-state index contributed by atoms with van der Waals surface area (Å²) >= 11 is 0. The maximum absolute atomic E-state index is 14.2. The van der Waals surface area contributed by atoms with Gasteiger partial charge in [0.05, 0.1) is 5.69 Å². The molecule has 19 heavy (non-hydrogen) atoms. The molecule has 1 N–H and O–H groups in total. The lowest BCUT2D eigenvalue weighted by Crippen LogP contribution is -2.34. The molecular weight excluding hydrogens is 249 g/mol. The Morgan fingerprint density at radius 2 is 2.16 bits per heavy atom. The van der Waals surface area contributed by atoms with Crippen molar-refractivity contribution in [2.75, 3.05) is 11.4 Å². The maximum atomic E-state index is 14.2. The molecule has 0 bridgehead atoms. The first kappa shape index (κ1) is 15.3. The van der Waals surface area contributed by atoms with Gasteiger partial charge in [0, 0.05) is 19.0 Å². The zero-order chi connectivity index (χ0) is 14.4. The SMILES string of the molecule is CCc1ncnc(N(CCCC(=O)O)C(C)C)c1F. The summed E-state index contributed by atoms with van der Waals surface area (Å²) in [7, 11) is 0. The van der Waals surface area contributed by atoms with Crippen molar-refractivity contribution in [3.8, 4) is 0 Å². The van der Waals surface area contributed by atoms with E-state index < -0.39 is 11.8 Å². The number of halogens is 1. The predicted molar refractivity (Wildman–Crippen MR) is 70.7 cm³/mol. The Kier molecular flexibility index (Phi) is 5.66. The van der Waals surface area contributed by atoms with Crippen LogP contribution in [-0.4, -0.2) is 33.6 Å². The molecule has 5 nitrogen and oxygen atoms in total. The fourth-order valence-corrected chi connectivity index (χ4v) is 1.85. The number of carboxylic acids is 1. The summed E-state index contributed by atoms with van der Waals surface area (Å²) in [5, 5.41) is 8.65.